The number of hydrogen-bond donors (Lipinski definition) is 6. The number of carboxylic acids is 1. The molecule has 0 saturated heterocycles. The number of halogens is 1. The molecule has 13 rings (SSSR count). The molecule has 11 aromatic rings. The Bertz CT molecular complexity index is 5080. The van der Waals surface area contributed by atoms with Gasteiger partial charge >= 0.3 is 17.9 Å². The average Bonchev–Trinajstić information content (AvgIpc) is 1.71. The number of nitrogen functional groups attached to an aromatic ring is 1. The van der Waals surface area contributed by atoms with Crippen LogP contribution >= 0.6 is 12.4 Å². The molecule has 2 saturated carbocycles. The number of amides is 1. The van der Waals surface area contributed by atoms with E-state index < -0.39 is 23.7 Å². The normalized spacial score (nSPS) is 11.7. The summed E-state index contributed by atoms with van der Waals surface area (Å²) in [6.45, 7) is 16.4. The van der Waals surface area contributed by atoms with Gasteiger partial charge in [0.25, 0.3) is 5.91 Å². The molecule has 1 amide bonds. The number of nitrogens with zero attached hydrogens (tertiary/aromatic N) is 10. The van der Waals surface area contributed by atoms with Crippen LogP contribution in [0.5, 0.6) is 34.5 Å². The summed E-state index contributed by atoms with van der Waals surface area (Å²) in [7, 11) is 12.7. The minimum absolute atomic E-state index is 0. The standard InChI is InChI=1S/C18H23N3O2.3C14H16N2O3.C12H12N2O3.C7H10N2O.C7H10O4.C6H13N.C2H6O.ClH/c1-13-12-17(18(22)19-14-6-4-3-5-7-14)21(20-13)15-8-10-16(23-2)11-9-15;2*1-10-8-13(14(17)9-18-2)16(15-10)11-4-6-12(19-3)7-5-11;1-4-19-14(17)13-9-10(2)16(15-13)11-5-7-12(18-3)8-6-11;1-8-7-11(12(15)16)14(13-8)9-3-5-10(17-2)6-4-9;1-10-7-4-2-6(9-8)3-5-7;1-3-11-7(10)6(9)4-5(2)8;7-6-4-2-1-3-5-6;1-2-3;/h8-12,14H,3-7H2,1-2H3,(H,19,22);2*4-8H,9H2,1-3H3;5-9H,4H2,1-3H3;3-7H,1-2H3,(H,15,16);2-5,9H,8H2,1H3;3-4H2,1-2H3;6H,1-5,7H2;3H,2H2,1H3;1H. The summed E-state index contributed by atoms with van der Waals surface area (Å²) in [5.41, 5.74) is 19.1. The van der Waals surface area contributed by atoms with E-state index in [0.29, 0.717) is 46.8 Å². The summed E-state index contributed by atoms with van der Waals surface area (Å²) >= 11 is 0. The SMILES string of the molecule is CCO.CCOC(=O)C(=O)CC(C)=O.CCOC(=O)c1cc(C)n(-c2ccc(OC)cc2)n1.COCC(=O)c1cc(C)nn1-c1ccc(OC)cc1.COCC(=O)c1cc(C)nn1-c1ccc(OC)cc1.COc1ccc(-n2nc(C)cc2C(=O)NC2CCCCC2)cc1.COc1ccc(-n2nc(C)cc2C(=O)O)cc1.COc1ccc(NN)cc1.Cl.NC1CCCCC1. The van der Waals surface area contributed by atoms with Crippen LogP contribution in [0.15, 0.2) is 176 Å². The Kier molecular flexibility index (Phi) is 48.6. The number of aromatic carboxylic acids is 1. The van der Waals surface area contributed by atoms with Crippen LogP contribution in [0, 0.1) is 34.6 Å². The zero-order valence-electron chi connectivity index (χ0n) is 76.5. The van der Waals surface area contributed by atoms with E-state index in [1.54, 1.807) is 132 Å². The molecule has 6 aromatic carbocycles. The number of hydrogen-bond acceptors (Lipinski definition) is 27. The molecule has 0 atom stereocenters. The highest BCUT2D eigenvalue weighted by Gasteiger charge is 2.23. The highest BCUT2D eigenvalue weighted by Crippen LogP contribution is 2.25. The molecule has 35 heteroatoms. The van der Waals surface area contributed by atoms with E-state index in [2.05, 4.69) is 41.0 Å². The van der Waals surface area contributed by atoms with Crippen molar-refractivity contribution in [3.63, 3.8) is 0 Å². The minimum atomic E-state index is -0.999. The zero-order chi connectivity index (χ0) is 94.2. The number of benzene rings is 6. The van der Waals surface area contributed by atoms with Crippen LogP contribution in [0.2, 0.25) is 0 Å². The van der Waals surface area contributed by atoms with Crippen LogP contribution < -0.4 is 50.7 Å². The maximum atomic E-state index is 12.6. The summed E-state index contributed by atoms with van der Waals surface area (Å²) in [5, 5.41) is 41.3. The number of esters is 2. The largest absolute Gasteiger partial charge is 0.497 e. The van der Waals surface area contributed by atoms with E-state index in [9.17, 15) is 38.4 Å². The van der Waals surface area contributed by atoms with Gasteiger partial charge in [-0.2, -0.15) is 25.5 Å². The van der Waals surface area contributed by atoms with Crippen LogP contribution in [0.1, 0.15) is 179 Å². The van der Waals surface area contributed by atoms with Crippen LogP contribution in [-0.4, -0.2) is 208 Å². The van der Waals surface area contributed by atoms with E-state index >= 15 is 0 Å². The van der Waals surface area contributed by atoms with Crippen LogP contribution in [0.25, 0.3) is 28.4 Å². The van der Waals surface area contributed by atoms with Gasteiger partial charge in [0.1, 0.15) is 70.6 Å². The molecule has 8 N–H and O–H groups in total. The third kappa shape index (κ3) is 36.1. The molecular formula is C94H123ClN14O20. The Labute approximate surface area is 759 Å². The second-order valence-corrected chi connectivity index (χ2v) is 28.6. The summed E-state index contributed by atoms with van der Waals surface area (Å²) in [6, 6.07) is 53.6. The van der Waals surface area contributed by atoms with Crippen molar-refractivity contribution in [2.24, 2.45) is 11.6 Å². The van der Waals surface area contributed by atoms with Gasteiger partial charge in [-0.15, -0.1) is 12.4 Å². The molecule has 0 aliphatic heterocycles. The Morgan fingerprint density at radius 3 is 1.04 bits per heavy atom. The Morgan fingerprint density at radius 2 is 0.736 bits per heavy atom. The number of aliphatic hydroxyl groups excluding tert-OH is 1. The lowest BCUT2D eigenvalue weighted by Crippen LogP contribution is -2.37. The van der Waals surface area contributed by atoms with Gasteiger partial charge in [-0.05, 0) is 264 Å². The van der Waals surface area contributed by atoms with Crippen LogP contribution in [0.4, 0.5) is 5.69 Å². The first kappa shape index (κ1) is 108. The minimum Gasteiger partial charge on any atom is -0.497 e. The van der Waals surface area contributed by atoms with E-state index in [1.165, 1.54) is 83.3 Å². The number of hydrazine groups is 1. The van der Waals surface area contributed by atoms with Gasteiger partial charge in [0.2, 0.25) is 17.3 Å². The lowest BCUT2D eigenvalue weighted by Gasteiger charge is -2.22. The number of Topliss-reactive ketones (excluding diaryl/α,β-unsaturated/α-hetero) is 4. The number of nitrogens with one attached hydrogen (secondary N) is 2. The number of ether oxygens (including phenoxy) is 10. The Morgan fingerprint density at radius 1 is 0.426 bits per heavy atom. The number of carbonyl (C=O) groups excluding carboxylic acids is 7. The molecule has 2 aliphatic rings. The maximum Gasteiger partial charge on any atom is 0.375 e. The van der Waals surface area contributed by atoms with Crippen molar-refractivity contribution in [1.29, 1.82) is 0 Å². The highest BCUT2D eigenvalue weighted by molar-refractivity contribution is 6.37. The molecule has 5 heterocycles. The van der Waals surface area contributed by atoms with E-state index in [1.807, 2.05) is 155 Å². The lowest BCUT2D eigenvalue weighted by molar-refractivity contribution is -0.154. The Balaban J connectivity index is 0.000000313. The molecule has 2 aliphatic carbocycles. The summed E-state index contributed by atoms with van der Waals surface area (Å²) < 4.78 is 57.6. The van der Waals surface area contributed by atoms with Crippen molar-refractivity contribution in [3.8, 4) is 62.9 Å². The monoisotopic (exact) mass is 1800 g/mol. The fraction of sp³-hybridized carbons (Fsp3) is 0.372. The van der Waals surface area contributed by atoms with Crippen molar-refractivity contribution >= 4 is 65.0 Å². The first-order valence-corrected chi connectivity index (χ1v) is 41.5. The predicted molar refractivity (Wildman–Crippen MR) is 493 cm³/mol. The number of aliphatic hydroxyl groups is 1. The average molecular weight is 1800 g/mol. The highest BCUT2D eigenvalue weighted by atomic mass is 35.5. The molecule has 5 aromatic heterocycles. The van der Waals surface area contributed by atoms with Gasteiger partial charge in [-0.25, -0.2) is 37.8 Å². The lowest BCUT2D eigenvalue weighted by atomic mass is 9.95. The van der Waals surface area contributed by atoms with Crippen molar-refractivity contribution in [1.82, 2.24) is 54.2 Å². The van der Waals surface area contributed by atoms with Gasteiger partial charge in [-0.3, -0.25) is 29.8 Å². The predicted octanol–water partition coefficient (Wildman–Crippen LogP) is 14.3. The molecule has 129 heavy (non-hydrogen) atoms. The zero-order valence-corrected chi connectivity index (χ0v) is 77.3. The number of rotatable bonds is 27. The van der Waals surface area contributed by atoms with Crippen molar-refractivity contribution in [2.45, 2.75) is 145 Å². The van der Waals surface area contributed by atoms with E-state index in [-0.39, 0.29) is 80.2 Å². The number of anilines is 1. The first-order chi connectivity index (χ1) is 61.5. The van der Waals surface area contributed by atoms with Crippen molar-refractivity contribution in [2.75, 3.05) is 95.3 Å². The fourth-order valence-electron chi connectivity index (χ4n) is 12.4. The first-order valence-electron chi connectivity index (χ1n) is 41.5. The third-order valence-electron chi connectivity index (χ3n) is 18.6. The number of aryl methyl sites for hydroxylation is 5. The van der Waals surface area contributed by atoms with Gasteiger partial charge < -0.3 is 74.1 Å². The molecular weight excluding hydrogens is 1680 g/mol. The Hall–Kier alpha value is -13.4. The number of nitrogens with two attached hydrogens (primary N) is 2. The maximum absolute atomic E-state index is 12.6. The van der Waals surface area contributed by atoms with Crippen LogP contribution in [0.3, 0.4) is 0 Å². The second-order valence-electron chi connectivity index (χ2n) is 28.6. The van der Waals surface area contributed by atoms with E-state index in [0.717, 1.165) is 98.6 Å². The molecule has 0 bridgehead atoms. The number of methoxy groups -OCH3 is 8. The molecule has 34 nitrogen and oxygen atoms in total. The molecule has 2 fully saturated rings. The smallest absolute Gasteiger partial charge is 0.375 e. The molecule has 0 unspecified atom stereocenters. The summed E-state index contributed by atoms with van der Waals surface area (Å²) in [4.78, 5) is 90.8. The molecule has 696 valence electrons. The van der Waals surface area contributed by atoms with Gasteiger partial charge in [0.15, 0.2) is 11.4 Å². The molecule has 0 radical (unpaired) electrons. The van der Waals surface area contributed by atoms with Gasteiger partial charge in [0, 0.05) is 44.3 Å². The summed E-state index contributed by atoms with van der Waals surface area (Å²) in [6.07, 6.45) is 12.1. The summed E-state index contributed by atoms with van der Waals surface area (Å²) in [5.74, 6) is 6.10. The van der Waals surface area contributed by atoms with Crippen LogP contribution in [-0.2, 0) is 33.3 Å². The number of carbonyl (C=O) groups is 8. The van der Waals surface area contributed by atoms with Gasteiger partial charge in [-0.1, -0.05) is 38.5 Å². The number of ketones is 4. The van der Waals surface area contributed by atoms with Crippen molar-refractivity contribution < 1.29 is 95.9 Å². The third-order valence-corrected chi connectivity index (χ3v) is 18.6. The van der Waals surface area contributed by atoms with Crippen molar-refractivity contribution in [3.05, 3.63) is 233 Å². The van der Waals surface area contributed by atoms with E-state index in [4.69, 9.17) is 64.4 Å². The van der Waals surface area contributed by atoms with Gasteiger partial charge in [0.05, 0.1) is 114 Å². The number of carboxylic acid groups (broad SMARTS) is 1. The number of aromatic nitrogens is 10. The fourth-order valence-corrected chi connectivity index (χ4v) is 12.4. The quantitative estimate of drug-likeness (QED) is 0.00695. The molecule has 0 spiro atoms. The second kappa shape index (κ2) is 58.1. The topological polar surface area (TPSA) is 435 Å².